The molecule has 1 heterocycles. The molecule has 0 N–H and O–H groups in total. The summed E-state index contributed by atoms with van der Waals surface area (Å²) in [6, 6.07) is 0. The molecule has 68 valence electrons. The maximum absolute atomic E-state index is 9.87. The van der Waals surface area contributed by atoms with Crippen LogP contribution >= 0.6 is 0 Å². The van der Waals surface area contributed by atoms with E-state index in [9.17, 15) is 4.79 Å². The van der Waals surface area contributed by atoms with E-state index in [1.165, 1.54) is 6.08 Å². The van der Waals surface area contributed by atoms with Crippen molar-refractivity contribution in [1.82, 2.24) is 0 Å². The topological polar surface area (TPSA) is 44.8 Å². The smallest absolute Gasteiger partial charge is 0.194 e. The minimum atomic E-state index is -0.227. The Bertz CT molecular complexity index is 149. The average molecular weight is 172 g/mol. The van der Waals surface area contributed by atoms with Crippen LogP contribution in [-0.4, -0.2) is 19.4 Å². The third-order valence-corrected chi connectivity index (χ3v) is 1.50. The zero-order valence-electron chi connectivity index (χ0n) is 6.77. The van der Waals surface area contributed by atoms with Gasteiger partial charge in [-0.2, -0.15) is 0 Å². The standard InChI is InChI=1S/C8H12O4/c9-6-4-2-1-3-5-8-10-7-11-12-8/h2,4,6,8H,1,3,5,7H2/b4-2+. The highest BCUT2D eigenvalue weighted by Crippen LogP contribution is 2.12. The second kappa shape index (κ2) is 5.88. The van der Waals surface area contributed by atoms with E-state index < -0.39 is 0 Å². The van der Waals surface area contributed by atoms with E-state index in [4.69, 9.17) is 9.62 Å². The van der Waals surface area contributed by atoms with Crippen LogP contribution in [0.3, 0.4) is 0 Å². The first-order valence-electron chi connectivity index (χ1n) is 3.93. The van der Waals surface area contributed by atoms with Crippen molar-refractivity contribution in [3.05, 3.63) is 12.2 Å². The van der Waals surface area contributed by atoms with Gasteiger partial charge in [0, 0.05) is 6.42 Å². The van der Waals surface area contributed by atoms with Crippen LogP contribution in [0.25, 0.3) is 0 Å². The summed E-state index contributed by atoms with van der Waals surface area (Å²) in [5.41, 5.74) is 0. The van der Waals surface area contributed by atoms with Crippen LogP contribution in [0.15, 0.2) is 12.2 Å². The van der Waals surface area contributed by atoms with E-state index in [0.717, 1.165) is 25.5 Å². The fourth-order valence-corrected chi connectivity index (χ4v) is 0.921. The molecule has 4 nitrogen and oxygen atoms in total. The summed E-state index contributed by atoms with van der Waals surface area (Å²) in [6.45, 7) is 0.217. The molecular formula is C8H12O4. The van der Waals surface area contributed by atoms with Crippen LogP contribution < -0.4 is 0 Å². The molecule has 1 unspecified atom stereocenters. The third-order valence-electron chi connectivity index (χ3n) is 1.50. The Morgan fingerprint density at radius 2 is 2.42 bits per heavy atom. The van der Waals surface area contributed by atoms with E-state index >= 15 is 0 Å². The molecule has 0 aliphatic carbocycles. The Kier molecular flexibility index (Phi) is 4.60. The van der Waals surface area contributed by atoms with Crippen molar-refractivity contribution in [3.63, 3.8) is 0 Å². The molecule has 1 aliphatic heterocycles. The lowest BCUT2D eigenvalue weighted by atomic mass is 10.2. The van der Waals surface area contributed by atoms with Gasteiger partial charge in [-0.15, -0.1) is 0 Å². The molecule has 0 spiro atoms. The summed E-state index contributed by atoms with van der Waals surface area (Å²) < 4.78 is 5.02. The molecule has 1 atom stereocenters. The van der Waals surface area contributed by atoms with Gasteiger partial charge in [0.15, 0.2) is 13.1 Å². The van der Waals surface area contributed by atoms with E-state index in [-0.39, 0.29) is 13.1 Å². The predicted octanol–water partition coefficient (Wildman–Crippen LogP) is 1.17. The highest BCUT2D eigenvalue weighted by Gasteiger charge is 2.15. The number of unbranched alkanes of at least 4 members (excludes halogenated alkanes) is 1. The van der Waals surface area contributed by atoms with Gasteiger partial charge in [-0.3, -0.25) is 4.79 Å². The first-order valence-corrected chi connectivity index (χ1v) is 3.93. The highest BCUT2D eigenvalue weighted by molar-refractivity contribution is 5.64. The van der Waals surface area contributed by atoms with E-state index in [0.29, 0.717) is 0 Å². The molecule has 0 radical (unpaired) electrons. The molecule has 0 amide bonds. The van der Waals surface area contributed by atoms with Crippen molar-refractivity contribution in [2.24, 2.45) is 0 Å². The van der Waals surface area contributed by atoms with Crippen LogP contribution in [-0.2, 0) is 19.3 Å². The predicted molar refractivity (Wildman–Crippen MR) is 41.0 cm³/mol. The largest absolute Gasteiger partial charge is 0.320 e. The Hall–Kier alpha value is -0.710. The molecule has 0 aromatic rings. The van der Waals surface area contributed by atoms with Crippen LogP contribution in [0.1, 0.15) is 19.3 Å². The number of hydrogen-bond donors (Lipinski definition) is 0. The molecule has 4 heteroatoms. The SMILES string of the molecule is O=C/C=C/CCCC1OCOO1. The second-order valence-electron chi connectivity index (χ2n) is 2.42. The monoisotopic (exact) mass is 172 g/mol. The summed E-state index contributed by atoms with van der Waals surface area (Å²) in [4.78, 5) is 19.2. The molecule has 0 saturated carbocycles. The molecule has 1 fully saturated rings. The molecule has 1 rings (SSSR count). The number of carbonyl (C=O) groups excluding carboxylic acids is 1. The summed E-state index contributed by atoms with van der Waals surface area (Å²) >= 11 is 0. The van der Waals surface area contributed by atoms with Gasteiger partial charge in [-0.25, -0.2) is 9.78 Å². The van der Waals surface area contributed by atoms with Crippen LogP contribution in [0, 0.1) is 0 Å². The quantitative estimate of drug-likeness (QED) is 0.270. The van der Waals surface area contributed by atoms with Crippen LogP contribution in [0.2, 0.25) is 0 Å². The summed E-state index contributed by atoms with van der Waals surface area (Å²) in [7, 11) is 0. The molecule has 0 aromatic heterocycles. The van der Waals surface area contributed by atoms with Crippen molar-refractivity contribution in [1.29, 1.82) is 0 Å². The van der Waals surface area contributed by atoms with Gasteiger partial charge >= 0.3 is 0 Å². The molecule has 1 saturated heterocycles. The maximum atomic E-state index is 9.87. The molecular weight excluding hydrogens is 160 g/mol. The van der Waals surface area contributed by atoms with Crippen LogP contribution in [0.5, 0.6) is 0 Å². The lowest BCUT2D eigenvalue weighted by molar-refractivity contribution is -0.277. The minimum absolute atomic E-state index is 0.217. The van der Waals surface area contributed by atoms with E-state index in [1.807, 2.05) is 6.08 Å². The number of carbonyl (C=O) groups is 1. The average Bonchev–Trinajstić information content (AvgIpc) is 2.57. The van der Waals surface area contributed by atoms with Gasteiger partial charge in [0.25, 0.3) is 0 Å². The van der Waals surface area contributed by atoms with Crippen molar-refractivity contribution < 1.29 is 19.3 Å². The minimum Gasteiger partial charge on any atom is -0.320 e. The zero-order chi connectivity index (χ0) is 8.65. The highest BCUT2D eigenvalue weighted by atomic mass is 17.3. The number of allylic oxidation sites excluding steroid dienone is 2. The summed E-state index contributed by atoms with van der Waals surface area (Å²) in [5.74, 6) is 0. The first kappa shape index (κ1) is 9.38. The number of ether oxygens (including phenoxy) is 1. The Labute approximate surface area is 71.0 Å². The summed E-state index contributed by atoms with van der Waals surface area (Å²) in [5, 5.41) is 0. The van der Waals surface area contributed by atoms with Crippen molar-refractivity contribution in [2.75, 3.05) is 6.79 Å². The maximum Gasteiger partial charge on any atom is 0.194 e. The molecule has 0 aromatic carbocycles. The van der Waals surface area contributed by atoms with Gasteiger partial charge in [0.05, 0.1) is 0 Å². The Morgan fingerprint density at radius 3 is 3.08 bits per heavy atom. The normalized spacial score (nSPS) is 23.5. The van der Waals surface area contributed by atoms with Gasteiger partial charge in [-0.05, 0) is 18.9 Å². The van der Waals surface area contributed by atoms with Gasteiger partial charge < -0.3 is 4.74 Å². The third kappa shape index (κ3) is 3.61. The molecule has 0 bridgehead atoms. The number of aldehydes is 1. The van der Waals surface area contributed by atoms with E-state index in [2.05, 4.69) is 4.89 Å². The lowest BCUT2D eigenvalue weighted by Gasteiger charge is -2.02. The number of rotatable bonds is 5. The first-order chi connectivity index (χ1) is 5.93. The van der Waals surface area contributed by atoms with Gasteiger partial charge in [-0.1, -0.05) is 6.08 Å². The van der Waals surface area contributed by atoms with E-state index in [1.54, 1.807) is 0 Å². The lowest BCUT2D eigenvalue weighted by Crippen LogP contribution is -2.06. The fraction of sp³-hybridized carbons (Fsp3) is 0.625. The fourth-order valence-electron chi connectivity index (χ4n) is 0.921. The van der Waals surface area contributed by atoms with Gasteiger partial charge in [0.1, 0.15) is 6.29 Å². The Balaban J connectivity index is 1.94. The number of hydrogen-bond acceptors (Lipinski definition) is 4. The van der Waals surface area contributed by atoms with Gasteiger partial charge in [0.2, 0.25) is 0 Å². The summed E-state index contributed by atoms with van der Waals surface area (Å²) in [6.07, 6.45) is 6.44. The molecule has 1 aliphatic rings. The van der Waals surface area contributed by atoms with Crippen molar-refractivity contribution >= 4 is 6.29 Å². The zero-order valence-corrected chi connectivity index (χ0v) is 6.77. The Morgan fingerprint density at radius 1 is 1.50 bits per heavy atom. The molecule has 12 heavy (non-hydrogen) atoms. The van der Waals surface area contributed by atoms with Crippen molar-refractivity contribution in [2.45, 2.75) is 25.6 Å². The second-order valence-corrected chi connectivity index (χ2v) is 2.42. The van der Waals surface area contributed by atoms with Crippen molar-refractivity contribution in [3.8, 4) is 0 Å². The van der Waals surface area contributed by atoms with Crippen LogP contribution in [0.4, 0.5) is 0 Å².